The first-order valence-corrected chi connectivity index (χ1v) is 4.66. The third kappa shape index (κ3) is 2.77. The predicted molar refractivity (Wildman–Crippen MR) is 54.1 cm³/mol. The molecule has 0 amide bonds. The van der Waals surface area contributed by atoms with Crippen molar-refractivity contribution in [2.75, 3.05) is 7.11 Å². The Labute approximate surface area is 92.3 Å². The Hall–Kier alpha value is -1.46. The van der Waals surface area contributed by atoms with Gasteiger partial charge in [-0.05, 0) is 30.2 Å². The van der Waals surface area contributed by atoms with Crippen molar-refractivity contribution in [2.24, 2.45) is 0 Å². The van der Waals surface area contributed by atoms with Crippen molar-refractivity contribution >= 4 is 5.97 Å². The van der Waals surface area contributed by atoms with Crippen molar-refractivity contribution in [3.8, 4) is 0 Å². The predicted octanol–water partition coefficient (Wildman–Crippen LogP) is 0.701. The normalized spacial score (nSPS) is 14.3. The molecule has 0 bridgehead atoms. The molecular formula is C11H13FO4. The van der Waals surface area contributed by atoms with Crippen LogP contribution in [-0.4, -0.2) is 29.4 Å². The number of methoxy groups -OCH3 is 1. The van der Waals surface area contributed by atoms with Crippen molar-refractivity contribution in [1.82, 2.24) is 0 Å². The van der Waals surface area contributed by atoms with Crippen LogP contribution in [0.25, 0.3) is 0 Å². The topological polar surface area (TPSA) is 66.8 Å². The molecule has 2 N–H and O–H groups in total. The molecule has 2 atom stereocenters. The highest BCUT2D eigenvalue weighted by Gasteiger charge is 2.26. The van der Waals surface area contributed by atoms with Gasteiger partial charge in [-0.1, -0.05) is 6.07 Å². The molecule has 1 aromatic rings. The summed E-state index contributed by atoms with van der Waals surface area (Å²) in [6.07, 6.45) is -3.21. The summed E-state index contributed by atoms with van der Waals surface area (Å²) in [5, 5.41) is 19.0. The van der Waals surface area contributed by atoms with E-state index in [0.717, 1.165) is 13.2 Å². The second kappa shape index (κ2) is 5.05. The number of ether oxygens (including phenoxy) is 1. The van der Waals surface area contributed by atoms with Gasteiger partial charge in [-0.15, -0.1) is 0 Å². The number of aliphatic hydroxyl groups excluding tert-OH is 2. The van der Waals surface area contributed by atoms with E-state index in [0.29, 0.717) is 5.56 Å². The van der Waals surface area contributed by atoms with Gasteiger partial charge in [0.05, 0.1) is 7.11 Å². The molecule has 1 aromatic carbocycles. The molecule has 4 nitrogen and oxygen atoms in total. The van der Waals surface area contributed by atoms with Crippen LogP contribution < -0.4 is 0 Å². The zero-order valence-corrected chi connectivity index (χ0v) is 8.98. The molecule has 1 rings (SSSR count). The fourth-order valence-electron chi connectivity index (χ4n) is 1.37. The maximum absolute atomic E-state index is 13.0. The molecule has 88 valence electrons. The lowest BCUT2D eigenvalue weighted by atomic mass is 10.0. The van der Waals surface area contributed by atoms with E-state index in [4.69, 9.17) is 0 Å². The number of carbonyl (C=O) groups is 1. The van der Waals surface area contributed by atoms with Crippen LogP contribution in [-0.2, 0) is 9.53 Å². The molecule has 0 fully saturated rings. The number of rotatable bonds is 3. The zero-order chi connectivity index (χ0) is 12.3. The summed E-state index contributed by atoms with van der Waals surface area (Å²) in [6.45, 7) is 1.64. The van der Waals surface area contributed by atoms with Crippen LogP contribution in [0.2, 0.25) is 0 Å². The Morgan fingerprint density at radius 2 is 2.00 bits per heavy atom. The van der Waals surface area contributed by atoms with Crippen LogP contribution in [0, 0.1) is 12.7 Å². The average Bonchev–Trinajstić information content (AvgIpc) is 2.24. The standard InChI is InChI=1S/C11H13FO4/c1-6-3-7(5-8(12)4-6)9(13)10(14)11(15)16-2/h3-5,9-10,13-14H,1-2H3. The van der Waals surface area contributed by atoms with E-state index in [1.807, 2.05) is 0 Å². The highest BCUT2D eigenvalue weighted by Crippen LogP contribution is 2.20. The Morgan fingerprint density at radius 3 is 2.50 bits per heavy atom. The van der Waals surface area contributed by atoms with Crippen molar-refractivity contribution in [2.45, 2.75) is 19.1 Å². The summed E-state index contributed by atoms with van der Waals surface area (Å²) in [5.74, 6) is -1.50. The van der Waals surface area contributed by atoms with Crippen molar-refractivity contribution in [3.63, 3.8) is 0 Å². The largest absolute Gasteiger partial charge is 0.467 e. The molecule has 0 aliphatic rings. The third-order valence-corrected chi connectivity index (χ3v) is 2.15. The van der Waals surface area contributed by atoms with Crippen LogP contribution in [0.15, 0.2) is 18.2 Å². The molecule has 5 heteroatoms. The molecule has 0 spiro atoms. The molecular weight excluding hydrogens is 215 g/mol. The number of benzene rings is 1. The molecule has 0 heterocycles. The lowest BCUT2D eigenvalue weighted by molar-refractivity contribution is -0.156. The van der Waals surface area contributed by atoms with Gasteiger partial charge in [0.2, 0.25) is 0 Å². The second-order valence-electron chi connectivity index (χ2n) is 3.47. The van der Waals surface area contributed by atoms with Gasteiger partial charge in [0.1, 0.15) is 11.9 Å². The first-order chi connectivity index (χ1) is 7.45. The molecule has 0 aliphatic heterocycles. The van der Waals surface area contributed by atoms with E-state index >= 15 is 0 Å². The van der Waals surface area contributed by atoms with Crippen LogP contribution in [0.4, 0.5) is 4.39 Å². The highest BCUT2D eigenvalue weighted by molar-refractivity contribution is 5.75. The summed E-state index contributed by atoms with van der Waals surface area (Å²) in [5.41, 5.74) is 0.724. The maximum Gasteiger partial charge on any atom is 0.337 e. The minimum atomic E-state index is -1.72. The van der Waals surface area contributed by atoms with Crippen molar-refractivity contribution in [1.29, 1.82) is 0 Å². The molecule has 0 aliphatic carbocycles. The summed E-state index contributed by atoms with van der Waals surface area (Å²) >= 11 is 0. The van der Waals surface area contributed by atoms with Crippen LogP contribution in [0.3, 0.4) is 0 Å². The van der Waals surface area contributed by atoms with Gasteiger partial charge in [-0.25, -0.2) is 9.18 Å². The summed E-state index contributed by atoms with van der Waals surface area (Å²) in [7, 11) is 1.09. The van der Waals surface area contributed by atoms with E-state index < -0.39 is 24.0 Å². The molecule has 0 saturated carbocycles. The first-order valence-electron chi connectivity index (χ1n) is 4.66. The van der Waals surface area contributed by atoms with Gasteiger partial charge < -0.3 is 14.9 Å². The lowest BCUT2D eigenvalue weighted by Gasteiger charge is -2.16. The number of esters is 1. The van der Waals surface area contributed by atoms with Crippen LogP contribution in [0.5, 0.6) is 0 Å². The maximum atomic E-state index is 13.0. The van der Waals surface area contributed by atoms with Crippen LogP contribution in [0.1, 0.15) is 17.2 Å². The monoisotopic (exact) mass is 228 g/mol. The van der Waals surface area contributed by atoms with E-state index in [-0.39, 0.29) is 5.56 Å². The summed E-state index contributed by atoms with van der Waals surface area (Å²) in [4.78, 5) is 11.0. The average molecular weight is 228 g/mol. The number of halogens is 1. The van der Waals surface area contributed by atoms with Crippen molar-refractivity contribution in [3.05, 3.63) is 35.1 Å². The molecule has 0 radical (unpaired) electrons. The number of aryl methyl sites for hydroxylation is 1. The summed E-state index contributed by atoms with van der Waals surface area (Å²) < 4.78 is 17.3. The van der Waals surface area contributed by atoms with Crippen molar-refractivity contribution < 1.29 is 24.1 Å². The smallest absolute Gasteiger partial charge is 0.337 e. The number of hydrogen-bond acceptors (Lipinski definition) is 4. The van der Waals surface area contributed by atoms with Gasteiger partial charge in [0, 0.05) is 0 Å². The minimum Gasteiger partial charge on any atom is -0.467 e. The fraction of sp³-hybridized carbons (Fsp3) is 0.364. The van der Waals surface area contributed by atoms with Gasteiger partial charge in [-0.2, -0.15) is 0 Å². The SMILES string of the molecule is COC(=O)C(O)C(O)c1cc(C)cc(F)c1. The zero-order valence-electron chi connectivity index (χ0n) is 8.98. The van der Waals surface area contributed by atoms with Gasteiger partial charge in [0.25, 0.3) is 0 Å². The number of aliphatic hydroxyl groups is 2. The highest BCUT2D eigenvalue weighted by atomic mass is 19.1. The van der Waals surface area contributed by atoms with E-state index in [9.17, 15) is 19.4 Å². The molecule has 2 unspecified atom stereocenters. The Kier molecular flexibility index (Phi) is 3.98. The van der Waals surface area contributed by atoms with Gasteiger partial charge in [-0.3, -0.25) is 0 Å². The Balaban J connectivity index is 2.95. The molecule has 0 aromatic heterocycles. The quantitative estimate of drug-likeness (QED) is 0.747. The second-order valence-corrected chi connectivity index (χ2v) is 3.47. The Morgan fingerprint density at radius 1 is 1.38 bits per heavy atom. The summed E-state index contributed by atoms with van der Waals surface area (Å²) in [6, 6.07) is 3.82. The van der Waals surface area contributed by atoms with Gasteiger partial charge >= 0.3 is 5.97 Å². The fourth-order valence-corrected chi connectivity index (χ4v) is 1.37. The van der Waals surface area contributed by atoms with Crippen LogP contribution >= 0.6 is 0 Å². The van der Waals surface area contributed by atoms with E-state index in [1.165, 1.54) is 12.1 Å². The minimum absolute atomic E-state index is 0.135. The molecule has 0 saturated heterocycles. The van der Waals surface area contributed by atoms with Gasteiger partial charge in [0.15, 0.2) is 6.10 Å². The number of carbonyl (C=O) groups excluding carboxylic acids is 1. The number of hydrogen-bond donors (Lipinski definition) is 2. The molecule has 16 heavy (non-hydrogen) atoms. The third-order valence-electron chi connectivity index (χ3n) is 2.15. The van der Waals surface area contributed by atoms with E-state index in [2.05, 4.69) is 4.74 Å². The van der Waals surface area contributed by atoms with E-state index in [1.54, 1.807) is 6.92 Å². The lowest BCUT2D eigenvalue weighted by Crippen LogP contribution is -2.29. The first kappa shape index (κ1) is 12.6. The Bertz CT molecular complexity index is 371.